The highest BCUT2D eigenvalue weighted by Crippen LogP contribution is 2.32. The van der Waals surface area contributed by atoms with Crippen LogP contribution in [0.1, 0.15) is 50.0 Å². The van der Waals surface area contributed by atoms with Crippen LogP contribution in [0.4, 0.5) is 4.39 Å². The van der Waals surface area contributed by atoms with Crippen LogP contribution in [0.5, 0.6) is 0 Å². The van der Waals surface area contributed by atoms with Crippen molar-refractivity contribution >= 4 is 17.4 Å². The summed E-state index contributed by atoms with van der Waals surface area (Å²) in [6.07, 6.45) is 5.88. The molecule has 2 rings (SSSR count). The van der Waals surface area contributed by atoms with Crippen LogP contribution in [0.15, 0.2) is 18.2 Å². The van der Waals surface area contributed by atoms with Crippen LogP contribution in [0.3, 0.4) is 0 Å². The number of benzene rings is 1. The van der Waals surface area contributed by atoms with Crippen molar-refractivity contribution in [2.75, 3.05) is 0 Å². The molecule has 0 aliphatic heterocycles. The van der Waals surface area contributed by atoms with Gasteiger partial charge in [0.15, 0.2) is 5.78 Å². The summed E-state index contributed by atoms with van der Waals surface area (Å²) >= 11 is 5.95. The molecular weight excluding hydrogens is 277 g/mol. The van der Waals surface area contributed by atoms with Gasteiger partial charge < -0.3 is 0 Å². The molecular formula is C16H17ClFNO. The number of ketones is 1. The van der Waals surface area contributed by atoms with E-state index in [4.69, 9.17) is 11.6 Å². The van der Waals surface area contributed by atoms with Crippen molar-refractivity contribution in [2.24, 2.45) is 5.92 Å². The molecule has 0 bridgehead atoms. The highest BCUT2D eigenvalue weighted by Gasteiger charge is 2.28. The number of Topliss-reactive ketones (excluding diaryl/α,β-unsaturated/α-hetero) is 1. The standard InChI is InChI=1S/C16H17ClFNO/c17-13-7-4-8-14(18)16(13)12(10-19)15(20)9-11-5-2-1-3-6-11/h4,7-8,11-12H,1-3,5-6,9H2. The Kier molecular flexibility index (Phi) is 5.14. The largest absolute Gasteiger partial charge is 0.298 e. The summed E-state index contributed by atoms with van der Waals surface area (Å²) in [7, 11) is 0. The molecule has 4 heteroatoms. The Labute approximate surface area is 123 Å². The number of rotatable bonds is 4. The zero-order valence-electron chi connectivity index (χ0n) is 11.2. The number of nitrogens with zero attached hydrogens (tertiary/aromatic N) is 1. The number of nitriles is 1. The first kappa shape index (κ1) is 15.0. The van der Waals surface area contributed by atoms with Gasteiger partial charge in [-0.3, -0.25) is 4.79 Å². The Morgan fingerprint density at radius 3 is 2.70 bits per heavy atom. The van der Waals surface area contributed by atoms with Gasteiger partial charge in [0.05, 0.1) is 6.07 Å². The lowest BCUT2D eigenvalue weighted by molar-refractivity contribution is -0.120. The van der Waals surface area contributed by atoms with Crippen LogP contribution in [0.2, 0.25) is 5.02 Å². The van der Waals surface area contributed by atoms with E-state index in [0.29, 0.717) is 12.3 Å². The van der Waals surface area contributed by atoms with E-state index in [9.17, 15) is 14.4 Å². The van der Waals surface area contributed by atoms with E-state index in [2.05, 4.69) is 0 Å². The lowest BCUT2D eigenvalue weighted by Gasteiger charge is -2.22. The fraction of sp³-hybridized carbons (Fsp3) is 0.500. The van der Waals surface area contributed by atoms with Crippen molar-refractivity contribution in [3.05, 3.63) is 34.6 Å². The van der Waals surface area contributed by atoms with Crippen molar-refractivity contribution in [1.82, 2.24) is 0 Å². The number of carbonyl (C=O) groups is 1. The molecule has 1 aliphatic carbocycles. The fourth-order valence-electron chi connectivity index (χ4n) is 2.88. The van der Waals surface area contributed by atoms with Gasteiger partial charge in [-0.05, 0) is 18.1 Å². The van der Waals surface area contributed by atoms with E-state index in [-0.39, 0.29) is 16.4 Å². The van der Waals surface area contributed by atoms with Gasteiger partial charge in [0, 0.05) is 17.0 Å². The van der Waals surface area contributed by atoms with Gasteiger partial charge in [-0.1, -0.05) is 49.8 Å². The van der Waals surface area contributed by atoms with Crippen LogP contribution in [-0.2, 0) is 4.79 Å². The molecule has 1 saturated carbocycles. The fourth-order valence-corrected chi connectivity index (χ4v) is 3.15. The molecule has 106 valence electrons. The molecule has 0 amide bonds. The van der Waals surface area contributed by atoms with E-state index in [1.807, 2.05) is 6.07 Å². The topological polar surface area (TPSA) is 40.9 Å². The van der Waals surface area contributed by atoms with E-state index < -0.39 is 11.7 Å². The summed E-state index contributed by atoms with van der Waals surface area (Å²) in [5, 5.41) is 9.38. The Hall–Kier alpha value is -1.40. The molecule has 0 N–H and O–H groups in total. The highest BCUT2D eigenvalue weighted by molar-refractivity contribution is 6.31. The third kappa shape index (κ3) is 3.37. The minimum absolute atomic E-state index is 0.0254. The molecule has 1 atom stereocenters. The zero-order chi connectivity index (χ0) is 14.5. The molecule has 0 radical (unpaired) electrons. The van der Waals surface area contributed by atoms with Crippen molar-refractivity contribution < 1.29 is 9.18 Å². The maximum absolute atomic E-state index is 13.8. The van der Waals surface area contributed by atoms with Gasteiger partial charge in [-0.15, -0.1) is 0 Å². The van der Waals surface area contributed by atoms with Crippen LogP contribution in [0, 0.1) is 23.1 Å². The lowest BCUT2D eigenvalue weighted by atomic mass is 9.82. The first-order valence-corrected chi connectivity index (χ1v) is 7.37. The summed E-state index contributed by atoms with van der Waals surface area (Å²) in [4.78, 5) is 12.3. The molecule has 0 saturated heterocycles. The Morgan fingerprint density at radius 1 is 1.40 bits per heavy atom. The predicted molar refractivity (Wildman–Crippen MR) is 76.0 cm³/mol. The SMILES string of the molecule is N#CC(C(=O)CC1CCCCC1)c1c(F)cccc1Cl. The molecule has 0 heterocycles. The maximum atomic E-state index is 13.8. The first-order chi connectivity index (χ1) is 9.63. The van der Waals surface area contributed by atoms with E-state index in [1.165, 1.54) is 24.6 Å². The van der Waals surface area contributed by atoms with E-state index in [0.717, 1.165) is 25.7 Å². The van der Waals surface area contributed by atoms with Gasteiger partial charge in [0.25, 0.3) is 0 Å². The number of carbonyl (C=O) groups excluding carboxylic acids is 1. The van der Waals surface area contributed by atoms with Gasteiger partial charge in [0.2, 0.25) is 0 Å². The monoisotopic (exact) mass is 293 g/mol. The molecule has 1 unspecified atom stereocenters. The van der Waals surface area contributed by atoms with Crippen molar-refractivity contribution in [3.8, 4) is 6.07 Å². The zero-order valence-corrected chi connectivity index (χ0v) is 12.0. The molecule has 1 aliphatic rings. The second kappa shape index (κ2) is 6.85. The summed E-state index contributed by atoms with van der Waals surface area (Å²) in [5.41, 5.74) is 0.0254. The summed E-state index contributed by atoms with van der Waals surface area (Å²) in [6.45, 7) is 0. The van der Waals surface area contributed by atoms with Crippen molar-refractivity contribution in [2.45, 2.75) is 44.4 Å². The highest BCUT2D eigenvalue weighted by atomic mass is 35.5. The minimum Gasteiger partial charge on any atom is -0.298 e. The quantitative estimate of drug-likeness (QED) is 0.812. The predicted octanol–water partition coefficient (Wildman–Crippen LogP) is 4.63. The third-order valence-corrected chi connectivity index (χ3v) is 4.28. The van der Waals surface area contributed by atoms with Gasteiger partial charge in [-0.2, -0.15) is 5.26 Å². The summed E-state index contributed by atoms with van der Waals surface area (Å²) in [6, 6.07) is 6.14. The Bertz CT molecular complexity index is 512. The molecule has 2 nitrogen and oxygen atoms in total. The molecule has 0 spiro atoms. The van der Waals surface area contributed by atoms with Crippen LogP contribution in [-0.4, -0.2) is 5.78 Å². The Morgan fingerprint density at radius 2 is 2.10 bits per heavy atom. The van der Waals surface area contributed by atoms with E-state index >= 15 is 0 Å². The second-order valence-electron chi connectivity index (χ2n) is 5.37. The van der Waals surface area contributed by atoms with Gasteiger partial charge in [-0.25, -0.2) is 4.39 Å². The van der Waals surface area contributed by atoms with Gasteiger partial charge in [0.1, 0.15) is 11.7 Å². The summed E-state index contributed by atoms with van der Waals surface area (Å²) < 4.78 is 13.8. The second-order valence-corrected chi connectivity index (χ2v) is 5.78. The molecule has 20 heavy (non-hydrogen) atoms. The van der Waals surface area contributed by atoms with Crippen LogP contribution >= 0.6 is 11.6 Å². The van der Waals surface area contributed by atoms with Crippen LogP contribution in [0.25, 0.3) is 0 Å². The number of hydrogen-bond donors (Lipinski definition) is 0. The van der Waals surface area contributed by atoms with Gasteiger partial charge >= 0.3 is 0 Å². The number of halogens is 2. The average molecular weight is 294 g/mol. The first-order valence-electron chi connectivity index (χ1n) is 6.99. The summed E-state index contributed by atoms with van der Waals surface area (Å²) in [5.74, 6) is -1.56. The lowest BCUT2D eigenvalue weighted by Crippen LogP contribution is -2.18. The molecule has 1 fully saturated rings. The smallest absolute Gasteiger partial charge is 0.154 e. The van der Waals surface area contributed by atoms with Crippen LogP contribution < -0.4 is 0 Å². The Balaban J connectivity index is 2.15. The van der Waals surface area contributed by atoms with Crippen molar-refractivity contribution in [3.63, 3.8) is 0 Å². The minimum atomic E-state index is -1.09. The normalized spacial score (nSPS) is 17.4. The number of hydrogen-bond acceptors (Lipinski definition) is 2. The third-order valence-electron chi connectivity index (χ3n) is 3.95. The average Bonchev–Trinajstić information content (AvgIpc) is 2.44. The molecule has 1 aromatic carbocycles. The van der Waals surface area contributed by atoms with Crippen molar-refractivity contribution in [1.29, 1.82) is 5.26 Å². The maximum Gasteiger partial charge on any atom is 0.154 e. The molecule has 1 aromatic rings. The van der Waals surface area contributed by atoms with E-state index in [1.54, 1.807) is 0 Å². The molecule has 0 aromatic heterocycles.